The molecule has 1 saturated heterocycles. The average molecular weight is 291 g/mol. The summed E-state index contributed by atoms with van der Waals surface area (Å²) in [6, 6.07) is 7.10. The highest BCUT2D eigenvalue weighted by Gasteiger charge is 2.27. The van der Waals surface area contributed by atoms with Crippen LogP contribution in [-0.4, -0.2) is 29.5 Å². The van der Waals surface area contributed by atoms with Crippen molar-refractivity contribution in [2.75, 3.05) is 6.61 Å². The summed E-state index contributed by atoms with van der Waals surface area (Å²) in [5, 5.41) is 10.8. The SMILES string of the molecule is O=C(O)CCCOc1ccc(C2CCC(=O)NC2=O)cc1. The Hall–Kier alpha value is -2.37. The van der Waals surface area contributed by atoms with Crippen LogP contribution in [0.5, 0.6) is 5.75 Å². The highest BCUT2D eigenvalue weighted by atomic mass is 16.5. The lowest BCUT2D eigenvalue weighted by Gasteiger charge is -2.21. The van der Waals surface area contributed by atoms with E-state index in [1.165, 1.54) is 0 Å². The van der Waals surface area contributed by atoms with Gasteiger partial charge in [0, 0.05) is 12.8 Å². The number of carbonyl (C=O) groups is 3. The minimum absolute atomic E-state index is 0.0777. The maximum Gasteiger partial charge on any atom is 0.303 e. The van der Waals surface area contributed by atoms with Crippen molar-refractivity contribution in [1.82, 2.24) is 5.32 Å². The fourth-order valence-corrected chi connectivity index (χ4v) is 2.22. The van der Waals surface area contributed by atoms with Crippen LogP contribution in [0.1, 0.15) is 37.2 Å². The van der Waals surface area contributed by atoms with E-state index in [2.05, 4.69) is 5.32 Å². The summed E-state index contributed by atoms with van der Waals surface area (Å²) < 4.78 is 5.42. The van der Waals surface area contributed by atoms with Gasteiger partial charge in [0.15, 0.2) is 0 Å². The van der Waals surface area contributed by atoms with Crippen molar-refractivity contribution in [1.29, 1.82) is 0 Å². The van der Waals surface area contributed by atoms with Crippen molar-refractivity contribution in [2.24, 2.45) is 0 Å². The third-order valence-corrected chi connectivity index (χ3v) is 3.33. The maximum absolute atomic E-state index is 11.7. The molecule has 2 amide bonds. The first-order valence-corrected chi connectivity index (χ1v) is 6.84. The molecule has 21 heavy (non-hydrogen) atoms. The third kappa shape index (κ3) is 4.30. The van der Waals surface area contributed by atoms with Gasteiger partial charge in [0.05, 0.1) is 12.5 Å². The number of ether oxygens (including phenoxy) is 1. The number of carboxylic acids is 1. The van der Waals surface area contributed by atoms with Gasteiger partial charge in [0.1, 0.15) is 5.75 Å². The molecule has 1 atom stereocenters. The van der Waals surface area contributed by atoms with Crippen LogP contribution in [0, 0.1) is 0 Å². The topological polar surface area (TPSA) is 92.7 Å². The number of imide groups is 1. The van der Waals surface area contributed by atoms with Crippen molar-refractivity contribution in [2.45, 2.75) is 31.6 Å². The minimum atomic E-state index is -0.841. The van der Waals surface area contributed by atoms with Crippen LogP contribution in [0.15, 0.2) is 24.3 Å². The van der Waals surface area contributed by atoms with Crippen LogP contribution >= 0.6 is 0 Å². The van der Waals surface area contributed by atoms with Crippen LogP contribution in [0.4, 0.5) is 0 Å². The number of rotatable bonds is 6. The number of hydrogen-bond donors (Lipinski definition) is 2. The molecule has 1 aliphatic rings. The van der Waals surface area contributed by atoms with Crippen LogP contribution in [-0.2, 0) is 14.4 Å². The zero-order chi connectivity index (χ0) is 15.2. The largest absolute Gasteiger partial charge is 0.494 e. The molecule has 1 aromatic rings. The number of carbonyl (C=O) groups excluding carboxylic acids is 2. The van der Waals surface area contributed by atoms with Crippen molar-refractivity contribution in [3.05, 3.63) is 29.8 Å². The van der Waals surface area contributed by atoms with E-state index in [-0.39, 0.29) is 24.2 Å². The minimum Gasteiger partial charge on any atom is -0.494 e. The van der Waals surface area contributed by atoms with Crippen LogP contribution in [0.2, 0.25) is 0 Å². The Bertz CT molecular complexity index is 537. The Morgan fingerprint density at radius 3 is 2.62 bits per heavy atom. The predicted molar refractivity (Wildman–Crippen MR) is 73.9 cm³/mol. The Morgan fingerprint density at radius 2 is 2.00 bits per heavy atom. The van der Waals surface area contributed by atoms with Gasteiger partial charge in [-0.2, -0.15) is 0 Å². The Kier molecular flexibility index (Phi) is 4.92. The number of hydrogen-bond acceptors (Lipinski definition) is 4. The molecular weight excluding hydrogens is 274 g/mol. The van der Waals surface area contributed by atoms with E-state index in [1.54, 1.807) is 24.3 Å². The Morgan fingerprint density at radius 1 is 1.29 bits per heavy atom. The van der Waals surface area contributed by atoms with Gasteiger partial charge in [0.2, 0.25) is 11.8 Å². The number of amides is 2. The molecule has 0 radical (unpaired) electrons. The highest BCUT2D eigenvalue weighted by molar-refractivity contribution is 6.00. The molecule has 1 heterocycles. The van der Waals surface area contributed by atoms with Gasteiger partial charge in [0.25, 0.3) is 0 Å². The lowest BCUT2D eigenvalue weighted by atomic mass is 9.90. The molecule has 1 unspecified atom stereocenters. The van der Waals surface area contributed by atoms with Gasteiger partial charge >= 0.3 is 5.97 Å². The van der Waals surface area contributed by atoms with E-state index in [1.807, 2.05) is 0 Å². The first-order valence-electron chi connectivity index (χ1n) is 6.84. The lowest BCUT2D eigenvalue weighted by Crippen LogP contribution is -2.39. The van der Waals surface area contributed by atoms with E-state index >= 15 is 0 Å². The van der Waals surface area contributed by atoms with Gasteiger partial charge in [-0.05, 0) is 30.5 Å². The molecule has 0 aromatic heterocycles. The van der Waals surface area contributed by atoms with E-state index in [4.69, 9.17) is 9.84 Å². The second-order valence-electron chi connectivity index (χ2n) is 4.92. The number of nitrogens with one attached hydrogen (secondary N) is 1. The van der Waals surface area contributed by atoms with Crippen LogP contribution < -0.4 is 10.1 Å². The molecule has 1 aromatic carbocycles. The Labute approximate surface area is 122 Å². The summed E-state index contributed by atoms with van der Waals surface area (Å²) in [5.41, 5.74) is 0.845. The number of aliphatic carboxylic acids is 1. The van der Waals surface area contributed by atoms with E-state index in [9.17, 15) is 14.4 Å². The van der Waals surface area contributed by atoms with Crippen molar-refractivity contribution >= 4 is 17.8 Å². The molecule has 112 valence electrons. The standard InChI is InChI=1S/C15H17NO5/c17-13-8-7-12(15(20)16-13)10-3-5-11(6-4-10)21-9-1-2-14(18)19/h3-6,12H,1-2,7-9H2,(H,18,19)(H,16,17,20). The second-order valence-corrected chi connectivity index (χ2v) is 4.92. The quantitative estimate of drug-likeness (QED) is 0.611. The fraction of sp³-hybridized carbons (Fsp3) is 0.400. The first-order chi connectivity index (χ1) is 10.1. The maximum atomic E-state index is 11.7. The normalized spacial score (nSPS) is 18.2. The van der Waals surface area contributed by atoms with E-state index < -0.39 is 5.97 Å². The smallest absolute Gasteiger partial charge is 0.303 e. The zero-order valence-electron chi connectivity index (χ0n) is 11.5. The molecule has 0 saturated carbocycles. The van der Waals surface area contributed by atoms with Gasteiger partial charge in [-0.15, -0.1) is 0 Å². The third-order valence-electron chi connectivity index (χ3n) is 3.33. The fourth-order valence-electron chi connectivity index (χ4n) is 2.22. The summed E-state index contributed by atoms with van der Waals surface area (Å²) in [5.74, 6) is -0.997. The van der Waals surface area contributed by atoms with Crippen LogP contribution in [0.3, 0.4) is 0 Å². The van der Waals surface area contributed by atoms with Crippen LogP contribution in [0.25, 0.3) is 0 Å². The van der Waals surface area contributed by atoms with Gasteiger partial charge < -0.3 is 9.84 Å². The summed E-state index contributed by atoms with van der Waals surface area (Å²) in [6.45, 7) is 0.337. The molecule has 2 N–H and O–H groups in total. The first kappa shape index (κ1) is 15.0. The molecule has 0 bridgehead atoms. The molecule has 6 nitrogen and oxygen atoms in total. The summed E-state index contributed by atoms with van der Waals surface area (Å²) in [7, 11) is 0. The Balaban J connectivity index is 1.88. The zero-order valence-corrected chi connectivity index (χ0v) is 11.5. The monoisotopic (exact) mass is 291 g/mol. The lowest BCUT2D eigenvalue weighted by molar-refractivity contribution is -0.137. The molecule has 0 spiro atoms. The van der Waals surface area contributed by atoms with Crippen molar-refractivity contribution < 1.29 is 24.2 Å². The summed E-state index contributed by atoms with van der Waals surface area (Å²) in [6.07, 6.45) is 1.39. The molecule has 0 aliphatic carbocycles. The molecular formula is C15H17NO5. The van der Waals surface area contributed by atoms with Gasteiger partial charge in [-0.1, -0.05) is 12.1 Å². The summed E-state index contributed by atoms with van der Waals surface area (Å²) in [4.78, 5) is 33.2. The number of piperidine rings is 1. The number of carboxylic acid groups (broad SMARTS) is 1. The highest BCUT2D eigenvalue weighted by Crippen LogP contribution is 2.26. The van der Waals surface area contributed by atoms with Crippen molar-refractivity contribution in [3.63, 3.8) is 0 Å². The average Bonchev–Trinajstić information content (AvgIpc) is 2.44. The summed E-state index contributed by atoms with van der Waals surface area (Å²) >= 11 is 0. The molecule has 2 rings (SSSR count). The van der Waals surface area contributed by atoms with E-state index in [0.717, 1.165) is 5.56 Å². The molecule has 1 fully saturated rings. The molecule has 6 heteroatoms. The molecule has 1 aliphatic heterocycles. The van der Waals surface area contributed by atoms with Crippen molar-refractivity contribution in [3.8, 4) is 5.75 Å². The van der Waals surface area contributed by atoms with E-state index in [0.29, 0.717) is 31.6 Å². The second kappa shape index (κ2) is 6.88. The van der Waals surface area contributed by atoms with Gasteiger partial charge in [-0.3, -0.25) is 19.7 Å². The van der Waals surface area contributed by atoms with Gasteiger partial charge in [-0.25, -0.2) is 0 Å². The number of benzene rings is 1. The predicted octanol–water partition coefficient (Wildman–Crippen LogP) is 1.45.